The molecule has 90 valence electrons. The molecule has 1 amide bonds. The fraction of sp³-hybridized carbons (Fsp3) is 0.500. The normalized spacial score (nSPS) is 23.9. The second-order valence-electron chi connectivity index (χ2n) is 5.06. The molecule has 1 aliphatic carbocycles. The first-order chi connectivity index (χ1) is 8.25. The van der Waals surface area contributed by atoms with E-state index >= 15 is 0 Å². The van der Waals surface area contributed by atoms with Crippen LogP contribution in [0.1, 0.15) is 42.9 Å². The van der Waals surface area contributed by atoms with E-state index in [9.17, 15) is 4.79 Å². The Kier molecular flexibility index (Phi) is 2.54. The van der Waals surface area contributed by atoms with Crippen molar-refractivity contribution in [3.63, 3.8) is 0 Å². The highest BCUT2D eigenvalue weighted by Gasteiger charge is 2.31. The largest absolute Gasteiger partial charge is 0.399 e. The van der Waals surface area contributed by atoms with Crippen LogP contribution in [-0.4, -0.2) is 17.4 Å². The molecule has 1 fully saturated rings. The first-order valence-electron chi connectivity index (χ1n) is 6.43. The van der Waals surface area contributed by atoms with E-state index in [1.807, 2.05) is 6.07 Å². The Labute approximate surface area is 102 Å². The number of fused-ring (bicyclic) bond motifs is 1. The number of hydrogen-bond donors (Lipinski definition) is 1. The molecule has 0 bridgehead atoms. The summed E-state index contributed by atoms with van der Waals surface area (Å²) in [6.07, 6.45) is 5.09. The topological polar surface area (TPSA) is 46.3 Å². The zero-order valence-electron chi connectivity index (χ0n) is 9.98. The average Bonchev–Trinajstić information content (AvgIpc) is 2.74. The van der Waals surface area contributed by atoms with E-state index in [1.165, 1.54) is 11.1 Å². The molecule has 3 rings (SSSR count). The maximum atomic E-state index is 11.9. The lowest BCUT2D eigenvalue weighted by Gasteiger charge is -2.33. The van der Waals surface area contributed by atoms with Gasteiger partial charge < -0.3 is 10.6 Å². The summed E-state index contributed by atoms with van der Waals surface area (Å²) in [5.41, 5.74) is 9.31. The highest BCUT2D eigenvalue weighted by molar-refractivity contribution is 5.78. The lowest BCUT2D eigenvalue weighted by atomic mass is 9.86. The first kappa shape index (κ1) is 10.6. The maximum absolute atomic E-state index is 11.9. The van der Waals surface area contributed by atoms with Gasteiger partial charge in [0.05, 0.1) is 6.04 Å². The molecule has 1 heterocycles. The van der Waals surface area contributed by atoms with Crippen molar-refractivity contribution in [1.29, 1.82) is 0 Å². The van der Waals surface area contributed by atoms with E-state index in [0.717, 1.165) is 44.3 Å². The molecule has 0 spiro atoms. The van der Waals surface area contributed by atoms with Gasteiger partial charge in [0.15, 0.2) is 0 Å². The summed E-state index contributed by atoms with van der Waals surface area (Å²) in [5, 5.41) is 0. The van der Waals surface area contributed by atoms with Crippen molar-refractivity contribution in [3.05, 3.63) is 29.3 Å². The maximum Gasteiger partial charge on any atom is 0.223 e. The predicted octanol–water partition coefficient (Wildman–Crippen LogP) is 2.27. The van der Waals surface area contributed by atoms with Gasteiger partial charge in [0.25, 0.3) is 0 Å². The lowest BCUT2D eigenvalue weighted by molar-refractivity contribution is -0.130. The first-order valence-corrected chi connectivity index (χ1v) is 6.43. The highest BCUT2D eigenvalue weighted by Crippen LogP contribution is 2.37. The Bertz CT molecular complexity index is 456. The minimum Gasteiger partial charge on any atom is -0.399 e. The third kappa shape index (κ3) is 1.79. The molecule has 1 atom stereocenters. The predicted molar refractivity (Wildman–Crippen MR) is 67.5 cm³/mol. The van der Waals surface area contributed by atoms with Gasteiger partial charge in [-0.25, -0.2) is 0 Å². The molecule has 1 aromatic carbocycles. The fourth-order valence-electron chi connectivity index (χ4n) is 3.13. The average molecular weight is 230 g/mol. The number of carbonyl (C=O) groups excluding carboxylic acids is 1. The molecule has 2 aliphatic rings. The van der Waals surface area contributed by atoms with Crippen LogP contribution in [0.15, 0.2) is 18.2 Å². The number of carbonyl (C=O) groups is 1. The van der Waals surface area contributed by atoms with Crippen molar-refractivity contribution in [2.24, 2.45) is 0 Å². The molecular formula is C14H18N2O. The quantitative estimate of drug-likeness (QED) is 0.752. The third-order valence-corrected chi connectivity index (χ3v) is 3.94. The van der Waals surface area contributed by atoms with Crippen LogP contribution in [0.2, 0.25) is 0 Å². The Balaban J connectivity index is 1.96. The molecule has 3 nitrogen and oxygen atoms in total. The van der Waals surface area contributed by atoms with Gasteiger partial charge in [-0.15, -0.1) is 0 Å². The van der Waals surface area contributed by atoms with Crippen molar-refractivity contribution in [1.82, 2.24) is 4.90 Å². The van der Waals surface area contributed by atoms with E-state index in [4.69, 9.17) is 5.73 Å². The van der Waals surface area contributed by atoms with E-state index in [2.05, 4.69) is 17.0 Å². The standard InChI is InChI=1S/C14H18N2O/c15-11-6-7-12-10(9-11)3-1-4-13(12)16-8-2-5-14(16)17/h6-7,9,13H,1-5,8,15H2. The number of nitrogens with zero attached hydrogens (tertiary/aromatic N) is 1. The van der Waals surface area contributed by atoms with Crippen LogP contribution in [0.25, 0.3) is 0 Å². The SMILES string of the molecule is Nc1ccc2c(c1)CCCC2N1CCCC1=O. The van der Waals surface area contributed by atoms with Crippen LogP contribution in [-0.2, 0) is 11.2 Å². The minimum absolute atomic E-state index is 0.300. The van der Waals surface area contributed by atoms with Crippen LogP contribution < -0.4 is 5.73 Å². The number of anilines is 1. The zero-order valence-corrected chi connectivity index (χ0v) is 9.98. The smallest absolute Gasteiger partial charge is 0.223 e. The van der Waals surface area contributed by atoms with Crippen molar-refractivity contribution in [2.75, 3.05) is 12.3 Å². The van der Waals surface area contributed by atoms with Gasteiger partial charge in [0, 0.05) is 18.7 Å². The summed E-state index contributed by atoms with van der Waals surface area (Å²) >= 11 is 0. The number of aryl methyl sites for hydroxylation is 1. The van der Waals surface area contributed by atoms with Crippen molar-refractivity contribution < 1.29 is 4.79 Å². The van der Waals surface area contributed by atoms with Gasteiger partial charge in [0.1, 0.15) is 0 Å². The Morgan fingerprint density at radius 3 is 2.88 bits per heavy atom. The fourth-order valence-corrected chi connectivity index (χ4v) is 3.13. The molecule has 0 aromatic heterocycles. The summed E-state index contributed by atoms with van der Waals surface area (Å²) < 4.78 is 0. The van der Waals surface area contributed by atoms with Crippen molar-refractivity contribution in [2.45, 2.75) is 38.1 Å². The molecular weight excluding hydrogens is 212 g/mol. The lowest BCUT2D eigenvalue weighted by Crippen LogP contribution is -2.32. The molecule has 0 radical (unpaired) electrons. The van der Waals surface area contributed by atoms with Crippen LogP contribution in [0.3, 0.4) is 0 Å². The zero-order chi connectivity index (χ0) is 11.8. The van der Waals surface area contributed by atoms with Gasteiger partial charge in [-0.2, -0.15) is 0 Å². The van der Waals surface area contributed by atoms with Gasteiger partial charge >= 0.3 is 0 Å². The highest BCUT2D eigenvalue weighted by atomic mass is 16.2. The molecule has 1 aliphatic heterocycles. The number of likely N-dealkylation sites (tertiary alicyclic amines) is 1. The number of hydrogen-bond acceptors (Lipinski definition) is 2. The molecule has 3 heteroatoms. The van der Waals surface area contributed by atoms with Gasteiger partial charge in [-0.3, -0.25) is 4.79 Å². The molecule has 0 saturated carbocycles. The summed E-state index contributed by atoms with van der Waals surface area (Å²) in [4.78, 5) is 13.9. The van der Waals surface area contributed by atoms with E-state index < -0.39 is 0 Å². The summed E-state index contributed by atoms with van der Waals surface area (Å²) in [6.45, 7) is 0.924. The summed E-state index contributed by atoms with van der Waals surface area (Å²) in [5.74, 6) is 0.319. The number of benzene rings is 1. The molecule has 17 heavy (non-hydrogen) atoms. The van der Waals surface area contributed by atoms with Crippen LogP contribution >= 0.6 is 0 Å². The summed E-state index contributed by atoms with van der Waals surface area (Å²) in [6, 6.07) is 6.44. The number of nitrogens with two attached hydrogens (primary N) is 1. The van der Waals surface area contributed by atoms with Crippen LogP contribution in [0.5, 0.6) is 0 Å². The van der Waals surface area contributed by atoms with E-state index in [0.29, 0.717) is 11.9 Å². The van der Waals surface area contributed by atoms with Gasteiger partial charge in [0.2, 0.25) is 5.91 Å². The molecule has 1 saturated heterocycles. The van der Waals surface area contributed by atoms with Crippen LogP contribution in [0, 0.1) is 0 Å². The molecule has 1 aromatic rings. The number of amides is 1. The third-order valence-electron chi connectivity index (χ3n) is 3.94. The second-order valence-corrected chi connectivity index (χ2v) is 5.06. The Morgan fingerprint density at radius 2 is 2.12 bits per heavy atom. The van der Waals surface area contributed by atoms with Gasteiger partial charge in [-0.1, -0.05) is 6.07 Å². The van der Waals surface area contributed by atoms with Crippen molar-refractivity contribution >= 4 is 11.6 Å². The van der Waals surface area contributed by atoms with Gasteiger partial charge in [-0.05, 0) is 48.9 Å². The number of rotatable bonds is 1. The van der Waals surface area contributed by atoms with E-state index in [-0.39, 0.29) is 0 Å². The van der Waals surface area contributed by atoms with Crippen molar-refractivity contribution in [3.8, 4) is 0 Å². The minimum atomic E-state index is 0.300. The number of nitrogen functional groups attached to an aromatic ring is 1. The monoisotopic (exact) mass is 230 g/mol. The Morgan fingerprint density at radius 1 is 1.24 bits per heavy atom. The molecule has 1 unspecified atom stereocenters. The molecule has 2 N–H and O–H groups in total. The Hall–Kier alpha value is -1.51. The summed E-state index contributed by atoms with van der Waals surface area (Å²) in [7, 11) is 0. The van der Waals surface area contributed by atoms with Crippen LogP contribution in [0.4, 0.5) is 5.69 Å². The second kappa shape index (κ2) is 4.06. The van der Waals surface area contributed by atoms with E-state index in [1.54, 1.807) is 0 Å².